The maximum absolute atomic E-state index is 11.8. The number of carbonyl (C=O) groups excluding carboxylic acids is 3. The fourth-order valence-electron chi connectivity index (χ4n) is 1.88. The molecule has 0 spiro atoms. The number of amides is 3. The number of hydrogen-bond donors (Lipinski definition) is 1. The molecule has 1 fully saturated rings. The lowest BCUT2D eigenvalue weighted by atomic mass is 10.2. The molecule has 0 saturated carbocycles. The molecule has 1 aliphatic rings. The molecule has 0 unspecified atom stereocenters. The first kappa shape index (κ1) is 13.5. The van der Waals surface area contributed by atoms with E-state index in [0.717, 1.165) is 10.5 Å². The minimum absolute atomic E-state index is 0.183. The molecule has 0 aliphatic carbocycles. The van der Waals surface area contributed by atoms with Gasteiger partial charge in [-0.2, -0.15) is 0 Å². The van der Waals surface area contributed by atoms with E-state index in [2.05, 4.69) is 5.32 Å². The second-order valence-electron chi connectivity index (χ2n) is 4.33. The second-order valence-corrected chi connectivity index (χ2v) is 4.74. The van der Waals surface area contributed by atoms with Crippen LogP contribution in [0.4, 0.5) is 5.69 Å². The molecule has 2 rings (SSSR count). The molecule has 1 aromatic carbocycles. The van der Waals surface area contributed by atoms with E-state index in [4.69, 9.17) is 11.6 Å². The summed E-state index contributed by atoms with van der Waals surface area (Å²) in [5.74, 6) is -1.01. The Morgan fingerprint density at radius 2 is 1.95 bits per heavy atom. The zero-order chi connectivity index (χ0) is 14.0. The van der Waals surface area contributed by atoms with Gasteiger partial charge in [0.1, 0.15) is 6.54 Å². The van der Waals surface area contributed by atoms with Gasteiger partial charge in [0.25, 0.3) is 0 Å². The summed E-state index contributed by atoms with van der Waals surface area (Å²) in [5, 5.41) is 3.20. The van der Waals surface area contributed by atoms with Gasteiger partial charge in [0, 0.05) is 23.6 Å². The van der Waals surface area contributed by atoms with Gasteiger partial charge in [-0.25, -0.2) is 0 Å². The van der Waals surface area contributed by atoms with Gasteiger partial charge in [-0.05, 0) is 24.6 Å². The van der Waals surface area contributed by atoms with E-state index in [9.17, 15) is 14.4 Å². The number of anilines is 1. The molecule has 0 aromatic heterocycles. The third-order valence-electron chi connectivity index (χ3n) is 3.00. The van der Waals surface area contributed by atoms with Crippen LogP contribution >= 0.6 is 11.6 Å². The van der Waals surface area contributed by atoms with Crippen molar-refractivity contribution in [3.8, 4) is 0 Å². The molecule has 100 valence electrons. The monoisotopic (exact) mass is 280 g/mol. The van der Waals surface area contributed by atoms with E-state index in [-0.39, 0.29) is 31.2 Å². The highest BCUT2D eigenvalue weighted by Gasteiger charge is 2.30. The number of nitrogens with one attached hydrogen (secondary N) is 1. The van der Waals surface area contributed by atoms with Gasteiger partial charge in [-0.15, -0.1) is 0 Å². The molecule has 19 heavy (non-hydrogen) atoms. The average molecular weight is 281 g/mol. The Morgan fingerprint density at radius 3 is 2.58 bits per heavy atom. The van der Waals surface area contributed by atoms with Crippen LogP contribution in [0.1, 0.15) is 18.4 Å². The van der Waals surface area contributed by atoms with Crippen molar-refractivity contribution in [3.63, 3.8) is 0 Å². The molecule has 6 heteroatoms. The molecule has 1 N–H and O–H groups in total. The summed E-state index contributed by atoms with van der Waals surface area (Å²) in [7, 11) is 0. The van der Waals surface area contributed by atoms with Crippen molar-refractivity contribution < 1.29 is 14.4 Å². The minimum Gasteiger partial charge on any atom is -0.324 e. The first-order valence-electron chi connectivity index (χ1n) is 5.87. The highest BCUT2D eigenvalue weighted by atomic mass is 35.5. The maximum Gasteiger partial charge on any atom is 0.244 e. The van der Waals surface area contributed by atoms with Crippen LogP contribution < -0.4 is 5.32 Å². The van der Waals surface area contributed by atoms with E-state index < -0.39 is 5.91 Å². The number of likely N-dealkylation sites (tertiary alicyclic amines) is 1. The number of carbonyl (C=O) groups is 3. The van der Waals surface area contributed by atoms with Gasteiger partial charge in [0.15, 0.2) is 0 Å². The Bertz CT molecular complexity index is 541. The summed E-state index contributed by atoms with van der Waals surface area (Å²) in [6.07, 6.45) is 0.366. The Kier molecular flexibility index (Phi) is 3.85. The third kappa shape index (κ3) is 2.93. The molecule has 3 amide bonds. The maximum atomic E-state index is 11.8. The van der Waals surface area contributed by atoms with Gasteiger partial charge < -0.3 is 5.32 Å². The highest BCUT2D eigenvalue weighted by molar-refractivity contribution is 6.31. The van der Waals surface area contributed by atoms with Crippen LogP contribution in [0.2, 0.25) is 5.02 Å². The number of rotatable bonds is 3. The van der Waals surface area contributed by atoms with Crippen molar-refractivity contribution >= 4 is 35.0 Å². The third-order valence-corrected chi connectivity index (χ3v) is 3.41. The Balaban J connectivity index is 2.04. The number of nitrogens with zero attached hydrogens (tertiary/aromatic N) is 1. The topological polar surface area (TPSA) is 66.5 Å². The lowest BCUT2D eigenvalue weighted by Gasteiger charge is -2.14. The molecule has 1 aliphatic heterocycles. The van der Waals surface area contributed by atoms with Crippen LogP contribution in [0.15, 0.2) is 18.2 Å². The Hall–Kier alpha value is -1.88. The van der Waals surface area contributed by atoms with E-state index in [1.807, 2.05) is 0 Å². The van der Waals surface area contributed by atoms with Gasteiger partial charge in [-0.3, -0.25) is 19.3 Å². The SMILES string of the molecule is Cc1c(Cl)cccc1NC(=O)CN1C(=O)CCC1=O. The Morgan fingerprint density at radius 1 is 1.32 bits per heavy atom. The fourth-order valence-corrected chi connectivity index (χ4v) is 2.05. The van der Waals surface area contributed by atoms with Crippen LogP contribution in [0.25, 0.3) is 0 Å². The van der Waals surface area contributed by atoms with Gasteiger partial charge >= 0.3 is 0 Å². The summed E-state index contributed by atoms with van der Waals surface area (Å²) < 4.78 is 0. The van der Waals surface area contributed by atoms with Crippen LogP contribution in [0, 0.1) is 6.92 Å². The molecule has 5 nitrogen and oxygen atoms in total. The van der Waals surface area contributed by atoms with E-state index in [0.29, 0.717) is 10.7 Å². The number of hydrogen-bond acceptors (Lipinski definition) is 3. The molecule has 1 aromatic rings. The van der Waals surface area contributed by atoms with Crippen molar-refractivity contribution in [3.05, 3.63) is 28.8 Å². The first-order chi connectivity index (χ1) is 8.99. The van der Waals surface area contributed by atoms with Crippen LogP contribution in [-0.2, 0) is 14.4 Å². The normalized spacial score (nSPS) is 14.9. The predicted octanol–water partition coefficient (Wildman–Crippen LogP) is 1.74. The van der Waals surface area contributed by atoms with Crippen LogP contribution in [0.5, 0.6) is 0 Å². The molecule has 1 saturated heterocycles. The number of halogens is 1. The van der Waals surface area contributed by atoms with E-state index >= 15 is 0 Å². The van der Waals surface area contributed by atoms with Crippen LogP contribution in [-0.4, -0.2) is 29.2 Å². The molecule has 0 bridgehead atoms. The van der Waals surface area contributed by atoms with Crippen molar-refractivity contribution in [2.75, 3.05) is 11.9 Å². The van der Waals surface area contributed by atoms with Crippen LogP contribution in [0.3, 0.4) is 0 Å². The first-order valence-corrected chi connectivity index (χ1v) is 6.25. The van der Waals surface area contributed by atoms with Crippen molar-refractivity contribution in [2.24, 2.45) is 0 Å². The zero-order valence-electron chi connectivity index (χ0n) is 10.4. The minimum atomic E-state index is -0.408. The van der Waals surface area contributed by atoms with Gasteiger partial charge in [0.2, 0.25) is 17.7 Å². The molecule has 1 heterocycles. The summed E-state index contributed by atoms with van der Waals surface area (Å²) in [4.78, 5) is 35.6. The largest absolute Gasteiger partial charge is 0.324 e. The van der Waals surface area contributed by atoms with E-state index in [1.54, 1.807) is 25.1 Å². The lowest BCUT2D eigenvalue weighted by molar-refractivity contribution is -0.141. The lowest BCUT2D eigenvalue weighted by Crippen LogP contribution is -2.36. The van der Waals surface area contributed by atoms with Crippen molar-refractivity contribution in [2.45, 2.75) is 19.8 Å². The standard InChI is InChI=1S/C13H13ClN2O3/c1-8-9(14)3-2-4-10(8)15-11(17)7-16-12(18)5-6-13(16)19/h2-4H,5-7H2,1H3,(H,15,17). The molecular formula is C13H13ClN2O3. The highest BCUT2D eigenvalue weighted by Crippen LogP contribution is 2.23. The summed E-state index contributed by atoms with van der Waals surface area (Å²) >= 11 is 5.94. The smallest absolute Gasteiger partial charge is 0.244 e. The van der Waals surface area contributed by atoms with Crippen molar-refractivity contribution in [1.29, 1.82) is 0 Å². The van der Waals surface area contributed by atoms with Gasteiger partial charge in [0.05, 0.1) is 0 Å². The summed E-state index contributed by atoms with van der Waals surface area (Å²) in [6, 6.07) is 5.16. The number of imide groups is 1. The molecule has 0 atom stereocenters. The predicted molar refractivity (Wildman–Crippen MR) is 70.8 cm³/mol. The molecule has 0 radical (unpaired) electrons. The second kappa shape index (κ2) is 5.40. The quantitative estimate of drug-likeness (QED) is 0.858. The van der Waals surface area contributed by atoms with E-state index in [1.165, 1.54) is 0 Å². The summed E-state index contributed by atoms with van der Waals surface area (Å²) in [6.45, 7) is 1.54. The Labute approximate surface area is 115 Å². The fraction of sp³-hybridized carbons (Fsp3) is 0.308. The zero-order valence-corrected chi connectivity index (χ0v) is 11.2. The number of benzene rings is 1. The van der Waals surface area contributed by atoms with Gasteiger partial charge in [-0.1, -0.05) is 17.7 Å². The average Bonchev–Trinajstić information content (AvgIpc) is 2.67. The molecular weight excluding hydrogens is 268 g/mol. The van der Waals surface area contributed by atoms with Crippen molar-refractivity contribution in [1.82, 2.24) is 4.90 Å². The summed E-state index contributed by atoms with van der Waals surface area (Å²) in [5.41, 5.74) is 1.33.